The van der Waals surface area contributed by atoms with Crippen molar-refractivity contribution in [3.8, 4) is 0 Å². The molecule has 0 radical (unpaired) electrons. The first-order valence-electron chi connectivity index (χ1n) is 6.54. The lowest BCUT2D eigenvalue weighted by atomic mass is 10.2. The summed E-state index contributed by atoms with van der Waals surface area (Å²) in [6.45, 7) is 2.47. The molecule has 0 unspecified atom stereocenters. The van der Waals surface area contributed by atoms with Crippen molar-refractivity contribution in [2.24, 2.45) is 7.05 Å². The summed E-state index contributed by atoms with van der Waals surface area (Å²) in [5.41, 5.74) is 1.28. The van der Waals surface area contributed by atoms with E-state index in [4.69, 9.17) is 4.74 Å². The van der Waals surface area contributed by atoms with Crippen molar-refractivity contribution in [3.63, 3.8) is 0 Å². The second-order valence-corrected chi connectivity index (χ2v) is 5.45. The van der Waals surface area contributed by atoms with Crippen LogP contribution in [0.2, 0.25) is 0 Å². The van der Waals surface area contributed by atoms with Crippen molar-refractivity contribution in [1.82, 2.24) is 20.1 Å². The summed E-state index contributed by atoms with van der Waals surface area (Å²) in [5, 5.41) is 7.42. The third-order valence-corrected chi connectivity index (χ3v) is 3.87. The van der Waals surface area contributed by atoms with E-state index in [1.54, 1.807) is 25.2 Å². The van der Waals surface area contributed by atoms with Gasteiger partial charge in [-0.3, -0.25) is 4.68 Å². The van der Waals surface area contributed by atoms with E-state index in [1.807, 2.05) is 11.7 Å². The van der Waals surface area contributed by atoms with Gasteiger partial charge in [0.2, 0.25) is 0 Å². The van der Waals surface area contributed by atoms with Gasteiger partial charge in [0, 0.05) is 32.1 Å². The molecule has 1 heterocycles. The Labute approximate surface area is 123 Å². The highest BCUT2D eigenvalue weighted by molar-refractivity contribution is 7.98. The Hall–Kier alpha value is -1.37. The Bertz CT molecular complexity index is 529. The molecule has 20 heavy (non-hydrogen) atoms. The number of thioether (sulfide) groups is 1. The number of benzene rings is 1. The van der Waals surface area contributed by atoms with Crippen LogP contribution in [0.3, 0.4) is 0 Å². The number of aryl methyl sites for hydroxylation is 1. The molecule has 6 heteroatoms. The minimum Gasteiger partial charge on any atom is -0.383 e. The van der Waals surface area contributed by atoms with Gasteiger partial charge in [-0.2, -0.15) is 5.10 Å². The highest BCUT2D eigenvalue weighted by atomic mass is 32.2. The minimum atomic E-state index is 0.737. The van der Waals surface area contributed by atoms with Crippen LogP contribution in [0.4, 0.5) is 0 Å². The molecular weight excluding hydrogens is 272 g/mol. The molecule has 108 valence electrons. The van der Waals surface area contributed by atoms with Crippen molar-refractivity contribution >= 4 is 11.8 Å². The SMILES string of the molecule is COCCNCc1cccc(SCc2ncnn2C)c1. The van der Waals surface area contributed by atoms with Crippen LogP contribution in [-0.4, -0.2) is 35.0 Å². The maximum absolute atomic E-state index is 5.01. The van der Waals surface area contributed by atoms with Gasteiger partial charge in [0.25, 0.3) is 0 Å². The predicted molar refractivity (Wildman–Crippen MR) is 80.6 cm³/mol. The molecule has 0 spiro atoms. The largest absolute Gasteiger partial charge is 0.383 e. The molecule has 5 nitrogen and oxygen atoms in total. The monoisotopic (exact) mass is 292 g/mol. The van der Waals surface area contributed by atoms with Gasteiger partial charge < -0.3 is 10.1 Å². The van der Waals surface area contributed by atoms with E-state index in [2.05, 4.69) is 39.7 Å². The van der Waals surface area contributed by atoms with Crippen LogP contribution >= 0.6 is 11.8 Å². The lowest BCUT2D eigenvalue weighted by Crippen LogP contribution is -2.18. The summed E-state index contributed by atoms with van der Waals surface area (Å²) in [4.78, 5) is 5.48. The van der Waals surface area contributed by atoms with E-state index in [9.17, 15) is 0 Å². The third-order valence-electron chi connectivity index (χ3n) is 2.88. The Kier molecular flexibility index (Phi) is 6.04. The Balaban J connectivity index is 1.84. The number of nitrogens with one attached hydrogen (secondary N) is 1. The second-order valence-electron chi connectivity index (χ2n) is 4.41. The smallest absolute Gasteiger partial charge is 0.138 e. The van der Waals surface area contributed by atoms with Crippen molar-refractivity contribution < 1.29 is 4.74 Å². The Morgan fingerprint density at radius 3 is 3.05 bits per heavy atom. The molecule has 0 saturated heterocycles. The first-order valence-corrected chi connectivity index (χ1v) is 7.52. The molecule has 0 aliphatic carbocycles. The van der Waals surface area contributed by atoms with Crippen LogP contribution < -0.4 is 5.32 Å². The van der Waals surface area contributed by atoms with E-state index in [1.165, 1.54) is 10.5 Å². The van der Waals surface area contributed by atoms with Crippen molar-refractivity contribution in [2.45, 2.75) is 17.2 Å². The molecule has 0 saturated carbocycles. The van der Waals surface area contributed by atoms with Gasteiger partial charge in [0.05, 0.1) is 12.4 Å². The molecule has 0 aliphatic heterocycles. The zero-order valence-electron chi connectivity index (χ0n) is 11.9. The van der Waals surface area contributed by atoms with Gasteiger partial charge in [-0.1, -0.05) is 12.1 Å². The maximum Gasteiger partial charge on any atom is 0.138 e. The number of aromatic nitrogens is 3. The number of nitrogens with zero attached hydrogens (tertiary/aromatic N) is 3. The van der Waals surface area contributed by atoms with Gasteiger partial charge in [-0.25, -0.2) is 4.98 Å². The van der Waals surface area contributed by atoms with Crippen LogP contribution in [0, 0.1) is 0 Å². The lowest BCUT2D eigenvalue weighted by Gasteiger charge is -2.06. The van der Waals surface area contributed by atoms with Gasteiger partial charge in [-0.05, 0) is 17.7 Å². The van der Waals surface area contributed by atoms with Crippen molar-refractivity contribution in [2.75, 3.05) is 20.3 Å². The normalized spacial score (nSPS) is 10.9. The molecule has 1 N–H and O–H groups in total. The molecule has 0 aliphatic rings. The number of rotatable bonds is 8. The molecule has 2 aromatic rings. The van der Waals surface area contributed by atoms with Gasteiger partial charge in [0.15, 0.2) is 0 Å². The molecule has 0 bridgehead atoms. The number of ether oxygens (including phenoxy) is 1. The van der Waals surface area contributed by atoms with E-state index in [0.717, 1.165) is 31.3 Å². The van der Waals surface area contributed by atoms with Crippen molar-refractivity contribution in [1.29, 1.82) is 0 Å². The topological polar surface area (TPSA) is 52.0 Å². The fourth-order valence-corrected chi connectivity index (χ4v) is 2.72. The van der Waals surface area contributed by atoms with E-state index >= 15 is 0 Å². The standard InChI is InChI=1S/C14H20N4OS/c1-18-14(16-11-17-18)10-20-13-5-3-4-12(8-13)9-15-6-7-19-2/h3-5,8,11,15H,6-7,9-10H2,1-2H3. The second kappa shape index (κ2) is 8.04. The number of methoxy groups -OCH3 is 1. The van der Waals surface area contributed by atoms with Gasteiger partial charge >= 0.3 is 0 Å². The summed E-state index contributed by atoms with van der Waals surface area (Å²) in [6.07, 6.45) is 1.59. The Morgan fingerprint density at radius 2 is 2.30 bits per heavy atom. The van der Waals surface area contributed by atoms with E-state index in [0.29, 0.717) is 0 Å². The highest BCUT2D eigenvalue weighted by Gasteiger charge is 2.02. The third kappa shape index (κ3) is 4.63. The van der Waals surface area contributed by atoms with Crippen LogP contribution in [0.5, 0.6) is 0 Å². The summed E-state index contributed by atoms with van der Waals surface area (Å²) in [6, 6.07) is 8.55. The van der Waals surface area contributed by atoms with Crippen LogP contribution in [0.25, 0.3) is 0 Å². The quantitative estimate of drug-likeness (QED) is 0.594. The zero-order valence-corrected chi connectivity index (χ0v) is 12.7. The van der Waals surface area contributed by atoms with Crippen LogP contribution in [0.1, 0.15) is 11.4 Å². The summed E-state index contributed by atoms with van der Waals surface area (Å²) < 4.78 is 6.82. The molecule has 2 rings (SSSR count). The molecule has 1 aromatic heterocycles. The fraction of sp³-hybridized carbons (Fsp3) is 0.429. The summed E-state index contributed by atoms with van der Waals surface area (Å²) in [5.74, 6) is 1.82. The van der Waals surface area contributed by atoms with Crippen molar-refractivity contribution in [3.05, 3.63) is 42.0 Å². The molecule has 0 fully saturated rings. The average molecular weight is 292 g/mol. The van der Waals surface area contributed by atoms with E-state index < -0.39 is 0 Å². The summed E-state index contributed by atoms with van der Waals surface area (Å²) >= 11 is 1.77. The first-order chi connectivity index (χ1) is 9.79. The number of hydrogen-bond acceptors (Lipinski definition) is 5. The van der Waals surface area contributed by atoms with Crippen LogP contribution in [0.15, 0.2) is 35.5 Å². The average Bonchev–Trinajstić information content (AvgIpc) is 2.87. The molecular formula is C14H20N4OS. The zero-order chi connectivity index (χ0) is 14.2. The highest BCUT2D eigenvalue weighted by Crippen LogP contribution is 2.22. The maximum atomic E-state index is 5.01. The molecule has 0 amide bonds. The lowest BCUT2D eigenvalue weighted by molar-refractivity contribution is 0.199. The van der Waals surface area contributed by atoms with Gasteiger partial charge in [-0.15, -0.1) is 11.8 Å². The minimum absolute atomic E-state index is 0.737. The fourth-order valence-electron chi connectivity index (χ4n) is 1.75. The van der Waals surface area contributed by atoms with Gasteiger partial charge in [0.1, 0.15) is 12.2 Å². The first kappa shape index (κ1) is 15.0. The molecule has 0 atom stereocenters. The van der Waals surface area contributed by atoms with Crippen LogP contribution in [-0.2, 0) is 24.1 Å². The molecule has 1 aromatic carbocycles. The predicted octanol–water partition coefficient (Wildman–Crippen LogP) is 1.84. The number of hydrogen-bond donors (Lipinski definition) is 1. The summed E-state index contributed by atoms with van der Waals surface area (Å²) in [7, 11) is 3.63. The van der Waals surface area contributed by atoms with E-state index in [-0.39, 0.29) is 0 Å². The Morgan fingerprint density at radius 1 is 1.40 bits per heavy atom.